The highest BCUT2D eigenvalue weighted by Crippen LogP contribution is 2.39. The molecule has 0 saturated heterocycles. The molecule has 0 amide bonds. The van der Waals surface area contributed by atoms with Gasteiger partial charge in [0.1, 0.15) is 5.82 Å². The molecule has 1 aliphatic carbocycles. The van der Waals surface area contributed by atoms with Gasteiger partial charge in [-0.1, -0.05) is 26.2 Å². The van der Waals surface area contributed by atoms with Gasteiger partial charge < -0.3 is 4.57 Å². The Hall–Kier alpha value is -1.82. The molecule has 0 bridgehead atoms. The van der Waals surface area contributed by atoms with E-state index in [1.165, 1.54) is 37.9 Å². The highest BCUT2D eigenvalue weighted by molar-refractivity contribution is 5.78. The summed E-state index contributed by atoms with van der Waals surface area (Å²) in [7, 11) is 2.09. The summed E-state index contributed by atoms with van der Waals surface area (Å²) in [6, 6.07) is 7.96. The number of hydrogen-bond acceptors (Lipinski definition) is 2. The second-order valence-corrected chi connectivity index (χ2v) is 5.93. The van der Waals surface area contributed by atoms with Crippen molar-refractivity contribution in [2.75, 3.05) is 0 Å². The molecule has 1 aromatic heterocycles. The zero-order chi connectivity index (χ0) is 13.5. The summed E-state index contributed by atoms with van der Waals surface area (Å²) < 4.78 is 2.21. The van der Waals surface area contributed by atoms with Crippen molar-refractivity contribution < 1.29 is 0 Å². The van der Waals surface area contributed by atoms with Crippen molar-refractivity contribution >= 4 is 11.0 Å². The average molecular weight is 253 g/mol. The Balaban J connectivity index is 2.14. The van der Waals surface area contributed by atoms with Crippen molar-refractivity contribution in [1.82, 2.24) is 9.55 Å². The smallest absolute Gasteiger partial charge is 0.115 e. The Kier molecular flexibility index (Phi) is 2.82. The number of imidazole rings is 1. The molecule has 1 fully saturated rings. The minimum atomic E-state index is 0.193. The Morgan fingerprint density at radius 1 is 1.26 bits per heavy atom. The van der Waals surface area contributed by atoms with E-state index in [9.17, 15) is 0 Å². The Morgan fingerprint density at radius 2 is 2.00 bits per heavy atom. The van der Waals surface area contributed by atoms with Crippen LogP contribution in [-0.2, 0) is 12.5 Å². The summed E-state index contributed by atoms with van der Waals surface area (Å²) in [5, 5.41) is 8.99. The van der Waals surface area contributed by atoms with Crippen molar-refractivity contribution in [2.45, 2.75) is 44.4 Å². The third-order valence-electron chi connectivity index (χ3n) is 4.51. The maximum absolute atomic E-state index is 8.99. The predicted molar refractivity (Wildman–Crippen MR) is 75.9 cm³/mol. The number of hydrogen-bond donors (Lipinski definition) is 0. The van der Waals surface area contributed by atoms with Gasteiger partial charge in [0.2, 0.25) is 0 Å². The fourth-order valence-corrected chi connectivity index (χ4v) is 3.36. The van der Waals surface area contributed by atoms with Crippen molar-refractivity contribution in [1.29, 1.82) is 5.26 Å². The van der Waals surface area contributed by atoms with E-state index in [1.807, 2.05) is 18.2 Å². The molecule has 3 rings (SSSR count). The van der Waals surface area contributed by atoms with Gasteiger partial charge in [-0.05, 0) is 31.0 Å². The second kappa shape index (κ2) is 4.38. The lowest BCUT2D eigenvalue weighted by Crippen LogP contribution is -2.28. The van der Waals surface area contributed by atoms with Gasteiger partial charge in [-0.2, -0.15) is 5.26 Å². The van der Waals surface area contributed by atoms with E-state index in [0.29, 0.717) is 5.56 Å². The van der Waals surface area contributed by atoms with Crippen LogP contribution in [0, 0.1) is 11.3 Å². The van der Waals surface area contributed by atoms with E-state index < -0.39 is 0 Å². The minimum Gasteiger partial charge on any atom is -0.331 e. The van der Waals surface area contributed by atoms with E-state index in [-0.39, 0.29) is 5.41 Å². The molecule has 0 spiro atoms. The topological polar surface area (TPSA) is 41.6 Å². The normalized spacial score (nSPS) is 18.4. The van der Waals surface area contributed by atoms with Crippen LogP contribution >= 0.6 is 0 Å². The number of aryl methyl sites for hydroxylation is 1. The number of rotatable bonds is 1. The molecule has 19 heavy (non-hydrogen) atoms. The van der Waals surface area contributed by atoms with E-state index in [4.69, 9.17) is 10.2 Å². The van der Waals surface area contributed by atoms with Crippen LogP contribution in [0.2, 0.25) is 0 Å². The molecule has 1 saturated carbocycles. The molecule has 2 aromatic rings. The van der Waals surface area contributed by atoms with E-state index in [1.54, 1.807) is 0 Å². The first-order chi connectivity index (χ1) is 9.14. The third-order valence-corrected chi connectivity index (χ3v) is 4.51. The minimum absolute atomic E-state index is 0.193. The summed E-state index contributed by atoms with van der Waals surface area (Å²) in [5.41, 5.74) is 2.95. The Labute approximate surface area is 113 Å². The van der Waals surface area contributed by atoms with Crippen molar-refractivity contribution in [2.24, 2.45) is 7.05 Å². The number of nitrogens with zero attached hydrogens (tertiary/aromatic N) is 3. The highest BCUT2D eigenvalue weighted by atomic mass is 15.1. The molecule has 3 heteroatoms. The summed E-state index contributed by atoms with van der Waals surface area (Å²) >= 11 is 0. The fraction of sp³-hybridized carbons (Fsp3) is 0.500. The first-order valence-electron chi connectivity index (χ1n) is 7.01. The quantitative estimate of drug-likeness (QED) is 0.778. The van der Waals surface area contributed by atoms with Crippen molar-refractivity contribution in [3.05, 3.63) is 29.6 Å². The largest absolute Gasteiger partial charge is 0.331 e. The van der Waals surface area contributed by atoms with Gasteiger partial charge in [0, 0.05) is 12.5 Å². The van der Waals surface area contributed by atoms with Crippen LogP contribution in [0.15, 0.2) is 18.2 Å². The molecule has 98 valence electrons. The standard InChI is InChI=1S/C16H19N3/c1-16(8-4-3-5-9-16)15-18-13-10-12(11-17)6-7-14(13)19(15)2/h6-7,10H,3-5,8-9H2,1-2H3. The van der Waals surface area contributed by atoms with Gasteiger partial charge in [-0.25, -0.2) is 4.98 Å². The van der Waals surface area contributed by atoms with E-state index in [0.717, 1.165) is 11.0 Å². The number of nitriles is 1. The maximum Gasteiger partial charge on any atom is 0.115 e. The predicted octanol–water partition coefficient (Wildman–Crippen LogP) is 3.67. The highest BCUT2D eigenvalue weighted by Gasteiger charge is 2.33. The van der Waals surface area contributed by atoms with E-state index in [2.05, 4.69) is 24.6 Å². The Morgan fingerprint density at radius 3 is 2.68 bits per heavy atom. The SMILES string of the molecule is Cn1c(C2(C)CCCCC2)nc2cc(C#N)ccc21. The first kappa shape index (κ1) is 12.2. The first-order valence-corrected chi connectivity index (χ1v) is 7.01. The molecular weight excluding hydrogens is 234 g/mol. The van der Waals surface area contributed by atoms with Gasteiger partial charge in [0.15, 0.2) is 0 Å². The zero-order valence-electron chi connectivity index (χ0n) is 11.6. The third kappa shape index (κ3) is 1.92. The van der Waals surface area contributed by atoms with Crippen molar-refractivity contribution in [3.63, 3.8) is 0 Å². The van der Waals surface area contributed by atoms with Crippen LogP contribution in [0.1, 0.15) is 50.4 Å². The molecule has 1 aliphatic rings. The lowest BCUT2D eigenvalue weighted by Gasteiger charge is -2.32. The van der Waals surface area contributed by atoms with Gasteiger partial charge in [-0.3, -0.25) is 0 Å². The molecule has 1 aromatic carbocycles. The average Bonchev–Trinajstić information content (AvgIpc) is 2.77. The summed E-state index contributed by atoms with van der Waals surface area (Å²) in [5.74, 6) is 1.18. The fourth-order valence-electron chi connectivity index (χ4n) is 3.36. The molecule has 1 heterocycles. The lowest BCUT2D eigenvalue weighted by atomic mass is 9.75. The van der Waals surface area contributed by atoms with Crippen LogP contribution in [0.25, 0.3) is 11.0 Å². The van der Waals surface area contributed by atoms with Crippen molar-refractivity contribution in [3.8, 4) is 6.07 Å². The van der Waals surface area contributed by atoms with Gasteiger partial charge in [0.25, 0.3) is 0 Å². The molecule has 0 aliphatic heterocycles. The number of benzene rings is 1. The molecule has 0 N–H and O–H groups in total. The Bertz CT molecular complexity index is 654. The summed E-state index contributed by atoms with van der Waals surface area (Å²) in [6.45, 7) is 2.33. The lowest BCUT2D eigenvalue weighted by molar-refractivity contribution is 0.299. The molecule has 0 atom stereocenters. The van der Waals surface area contributed by atoms with Gasteiger partial charge >= 0.3 is 0 Å². The van der Waals surface area contributed by atoms with Crippen LogP contribution in [-0.4, -0.2) is 9.55 Å². The van der Waals surface area contributed by atoms with Crippen LogP contribution in [0.4, 0.5) is 0 Å². The van der Waals surface area contributed by atoms with E-state index >= 15 is 0 Å². The maximum atomic E-state index is 8.99. The van der Waals surface area contributed by atoms with Crippen LogP contribution in [0.5, 0.6) is 0 Å². The summed E-state index contributed by atoms with van der Waals surface area (Å²) in [4.78, 5) is 4.83. The number of fused-ring (bicyclic) bond motifs is 1. The second-order valence-electron chi connectivity index (χ2n) is 5.93. The van der Waals surface area contributed by atoms with Gasteiger partial charge in [0.05, 0.1) is 22.7 Å². The zero-order valence-corrected chi connectivity index (χ0v) is 11.6. The monoisotopic (exact) mass is 253 g/mol. The van der Waals surface area contributed by atoms with Crippen LogP contribution in [0.3, 0.4) is 0 Å². The molecular formula is C16H19N3. The van der Waals surface area contributed by atoms with Gasteiger partial charge in [-0.15, -0.1) is 0 Å². The molecule has 3 nitrogen and oxygen atoms in total. The number of aromatic nitrogens is 2. The summed E-state index contributed by atoms with van der Waals surface area (Å²) in [6.07, 6.45) is 6.37. The van der Waals surface area contributed by atoms with Crippen LogP contribution < -0.4 is 0 Å². The molecule has 0 radical (unpaired) electrons. The molecule has 0 unspecified atom stereocenters.